The van der Waals surface area contributed by atoms with E-state index in [1.807, 2.05) is 25.1 Å². The molecule has 1 aromatic heterocycles. The summed E-state index contributed by atoms with van der Waals surface area (Å²) in [6, 6.07) is 10.7. The topological polar surface area (TPSA) is 79.6 Å². The van der Waals surface area contributed by atoms with Gasteiger partial charge in [0.2, 0.25) is 5.78 Å². The van der Waals surface area contributed by atoms with Crippen molar-refractivity contribution in [1.29, 1.82) is 0 Å². The molecule has 24 heavy (non-hydrogen) atoms. The molecule has 0 unspecified atom stereocenters. The number of aromatic nitrogens is 1. The van der Waals surface area contributed by atoms with E-state index in [2.05, 4.69) is 9.98 Å². The molecule has 5 heteroatoms. The van der Waals surface area contributed by atoms with Crippen molar-refractivity contribution in [3.63, 3.8) is 0 Å². The first kappa shape index (κ1) is 15.8. The molecule has 2 aromatic rings. The number of aliphatic hydroxyl groups excluding tert-OH is 1. The molecule has 1 aromatic carbocycles. The number of hydrogen-bond donors (Lipinski definition) is 1. The van der Waals surface area contributed by atoms with Crippen molar-refractivity contribution in [2.75, 3.05) is 6.54 Å². The number of fused-ring (bicyclic) bond motifs is 1. The average Bonchev–Trinajstić information content (AvgIpc) is 2.60. The van der Waals surface area contributed by atoms with Crippen LogP contribution in [0.2, 0.25) is 0 Å². The highest BCUT2D eigenvalue weighted by atomic mass is 16.3. The Labute approximate surface area is 139 Å². The van der Waals surface area contributed by atoms with Crippen LogP contribution in [0.25, 0.3) is 5.76 Å². The van der Waals surface area contributed by atoms with E-state index in [9.17, 15) is 14.7 Å². The number of aliphatic imine (C=N–C) groups is 1. The smallest absolute Gasteiger partial charge is 0.252 e. The summed E-state index contributed by atoms with van der Waals surface area (Å²) >= 11 is 0. The third-order valence-corrected chi connectivity index (χ3v) is 3.76. The number of hydrogen-bond acceptors (Lipinski definition) is 5. The Balaban J connectivity index is 2.28. The van der Waals surface area contributed by atoms with Crippen molar-refractivity contribution in [3.8, 4) is 0 Å². The van der Waals surface area contributed by atoms with Crippen LogP contribution in [0.4, 0.5) is 0 Å². The van der Waals surface area contributed by atoms with Crippen molar-refractivity contribution < 1.29 is 14.7 Å². The third-order valence-electron chi connectivity index (χ3n) is 3.76. The SMILES string of the molecule is CCN=C(C1=C(O)c2cc(C)cnc2C(=O)C1=O)c1ccccc1. The summed E-state index contributed by atoms with van der Waals surface area (Å²) in [5.74, 6) is -1.76. The average molecular weight is 320 g/mol. The van der Waals surface area contributed by atoms with Gasteiger partial charge in [0.1, 0.15) is 11.5 Å². The van der Waals surface area contributed by atoms with Gasteiger partial charge in [0.05, 0.1) is 11.3 Å². The van der Waals surface area contributed by atoms with Gasteiger partial charge in [0, 0.05) is 23.9 Å². The minimum Gasteiger partial charge on any atom is -0.506 e. The Morgan fingerprint density at radius 2 is 1.88 bits per heavy atom. The van der Waals surface area contributed by atoms with Crippen molar-refractivity contribution >= 4 is 23.0 Å². The van der Waals surface area contributed by atoms with Crippen LogP contribution in [0.1, 0.15) is 34.1 Å². The van der Waals surface area contributed by atoms with Crippen LogP contribution in [-0.4, -0.2) is 33.9 Å². The number of pyridine rings is 1. The first-order valence-electron chi connectivity index (χ1n) is 7.64. The van der Waals surface area contributed by atoms with Gasteiger partial charge in [-0.15, -0.1) is 0 Å². The highest BCUT2D eigenvalue weighted by Gasteiger charge is 2.36. The number of ketones is 2. The lowest BCUT2D eigenvalue weighted by molar-refractivity contribution is -0.111. The second kappa shape index (κ2) is 6.20. The van der Waals surface area contributed by atoms with Crippen LogP contribution < -0.4 is 0 Å². The van der Waals surface area contributed by atoms with Gasteiger partial charge in [-0.1, -0.05) is 30.3 Å². The number of rotatable bonds is 3. The van der Waals surface area contributed by atoms with Gasteiger partial charge in [-0.3, -0.25) is 19.6 Å². The van der Waals surface area contributed by atoms with Gasteiger partial charge in [-0.2, -0.15) is 0 Å². The van der Waals surface area contributed by atoms with Crippen molar-refractivity contribution in [3.05, 3.63) is 70.6 Å². The quantitative estimate of drug-likeness (QED) is 0.696. The van der Waals surface area contributed by atoms with Crippen LogP contribution in [0.3, 0.4) is 0 Å². The van der Waals surface area contributed by atoms with Gasteiger partial charge in [-0.25, -0.2) is 0 Å². The molecule has 3 rings (SSSR count). The van der Waals surface area contributed by atoms with E-state index >= 15 is 0 Å². The number of allylic oxidation sites excluding steroid dienone is 1. The van der Waals surface area contributed by atoms with E-state index < -0.39 is 11.6 Å². The Bertz CT molecular complexity index is 896. The van der Waals surface area contributed by atoms with E-state index in [-0.39, 0.29) is 22.6 Å². The maximum absolute atomic E-state index is 12.6. The van der Waals surface area contributed by atoms with Gasteiger partial charge in [0.25, 0.3) is 5.78 Å². The zero-order chi connectivity index (χ0) is 17.3. The van der Waals surface area contributed by atoms with E-state index in [1.54, 1.807) is 25.1 Å². The second-order valence-corrected chi connectivity index (χ2v) is 5.48. The molecule has 0 fully saturated rings. The van der Waals surface area contributed by atoms with E-state index in [1.165, 1.54) is 6.20 Å². The summed E-state index contributed by atoms with van der Waals surface area (Å²) < 4.78 is 0. The fourth-order valence-corrected chi connectivity index (χ4v) is 2.68. The van der Waals surface area contributed by atoms with Crippen LogP contribution in [0.15, 0.2) is 53.2 Å². The third kappa shape index (κ3) is 2.54. The van der Waals surface area contributed by atoms with Crippen molar-refractivity contribution in [2.24, 2.45) is 4.99 Å². The monoisotopic (exact) mass is 320 g/mol. The normalized spacial score (nSPS) is 14.8. The zero-order valence-electron chi connectivity index (χ0n) is 13.4. The minimum atomic E-state index is -0.785. The molecule has 120 valence electrons. The predicted octanol–water partition coefficient (Wildman–Crippen LogP) is 2.93. The Hall–Kier alpha value is -3.08. The van der Waals surface area contributed by atoms with Crippen LogP contribution in [-0.2, 0) is 4.79 Å². The molecule has 0 spiro atoms. The summed E-state index contributed by atoms with van der Waals surface area (Å²) in [4.78, 5) is 33.4. The summed E-state index contributed by atoms with van der Waals surface area (Å²) in [5, 5.41) is 10.7. The highest BCUT2D eigenvalue weighted by Crippen LogP contribution is 2.29. The Morgan fingerprint density at radius 1 is 1.17 bits per heavy atom. The van der Waals surface area contributed by atoms with Gasteiger partial charge in [0.15, 0.2) is 0 Å². The summed E-state index contributed by atoms with van der Waals surface area (Å²) in [6.45, 7) is 4.05. The Kier molecular flexibility index (Phi) is 4.08. The molecular formula is C19H16N2O3. The lowest BCUT2D eigenvalue weighted by Gasteiger charge is -2.19. The highest BCUT2D eigenvalue weighted by molar-refractivity contribution is 6.58. The Morgan fingerprint density at radius 3 is 2.54 bits per heavy atom. The van der Waals surface area contributed by atoms with E-state index in [0.717, 1.165) is 5.56 Å². The maximum Gasteiger partial charge on any atom is 0.252 e. The standard InChI is InChI=1S/C19H16N2O3/c1-3-20-15(12-7-5-4-6-8-12)14-17(22)13-9-11(2)10-21-16(13)19(24)18(14)23/h4-10,22H,3H2,1-2H3. The predicted molar refractivity (Wildman–Crippen MR) is 91.4 cm³/mol. The molecule has 0 saturated heterocycles. The molecule has 1 aliphatic carbocycles. The molecule has 0 aliphatic heterocycles. The summed E-state index contributed by atoms with van der Waals surface area (Å²) in [5.41, 5.74) is 1.97. The van der Waals surface area contributed by atoms with E-state index in [4.69, 9.17) is 0 Å². The van der Waals surface area contributed by atoms with Crippen molar-refractivity contribution in [1.82, 2.24) is 4.98 Å². The molecule has 1 heterocycles. The molecule has 0 bridgehead atoms. The lowest BCUT2D eigenvalue weighted by Crippen LogP contribution is -2.30. The van der Waals surface area contributed by atoms with Gasteiger partial charge in [-0.05, 0) is 25.5 Å². The number of aliphatic hydroxyl groups is 1. The number of carbonyl (C=O) groups excluding carboxylic acids is 2. The zero-order valence-corrected chi connectivity index (χ0v) is 13.4. The lowest BCUT2D eigenvalue weighted by atomic mass is 9.86. The largest absolute Gasteiger partial charge is 0.506 e. The molecule has 0 amide bonds. The summed E-state index contributed by atoms with van der Waals surface area (Å²) in [6.07, 6.45) is 1.50. The van der Waals surface area contributed by atoms with Crippen molar-refractivity contribution in [2.45, 2.75) is 13.8 Å². The van der Waals surface area contributed by atoms with Crippen LogP contribution >= 0.6 is 0 Å². The minimum absolute atomic E-state index is 0.0178. The fourth-order valence-electron chi connectivity index (χ4n) is 2.68. The fraction of sp³-hybridized carbons (Fsp3) is 0.158. The maximum atomic E-state index is 12.6. The van der Waals surface area contributed by atoms with E-state index in [0.29, 0.717) is 17.8 Å². The molecule has 0 radical (unpaired) electrons. The summed E-state index contributed by atoms with van der Waals surface area (Å²) in [7, 11) is 0. The number of nitrogens with zero attached hydrogens (tertiary/aromatic N) is 2. The number of carbonyl (C=O) groups is 2. The molecule has 1 N–H and O–H groups in total. The van der Waals surface area contributed by atoms with Gasteiger partial charge < -0.3 is 5.11 Å². The first-order chi connectivity index (χ1) is 11.5. The second-order valence-electron chi connectivity index (χ2n) is 5.48. The first-order valence-corrected chi connectivity index (χ1v) is 7.64. The molecule has 0 saturated carbocycles. The molecule has 5 nitrogen and oxygen atoms in total. The molecular weight excluding hydrogens is 304 g/mol. The molecule has 0 atom stereocenters. The number of benzene rings is 1. The van der Waals surface area contributed by atoms with Crippen LogP contribution in [0, 0.1) is 6.92 Å². The molecule has 1 aliphatic rings. The number of Topliss-reactive ketones (excluding diaryl/α,β-unsaturated/α-hetero) is 2. The number of aryl methyl sites for hydroxylation is 1. The van der Waals surface area contributed by atoms with Gasteiger partial charge >= 0.3 is 0 Å². The van der Waals surface area contributed by atoms with Crippen LogP contribution in [0.5, 0.6) is 0 Å².